The van der Waals surface area contributed by atoms with Crippen LogP contribution in [-0.2, 0) is 14.4 Å². The topological polar surface area (TPSA) is 90.5 Å². The molecule has 2 unspecified atom stereocenters. The number of halogens is 1. The third-order valence-electron chi connectivity index (χ3n) is 7.86. The smallest absolute Gasteiger partial charge is 0.245 e. The van der Waals surface area contributed by atoms with Gasteiger partial charge in [0.15, 0.2) is 0 Å². The maximum absolute atomic E-state index is 13.9. The van der Waals surface area contributed by atoms with Crippen LogP contribution in [0.4, 0.5) is 0 Å². The Balaban J connectivity index is 1.51. The van der Waals surface area contributed by atoms with Crippen molar-refractivity contribution in [3.63, 3.8) is 0 Å². The molecule has 4 rings (SSSR count). The van der Waals surface area contributed by atoms with Crippen LogP contribution in [0, 0.1) is 5.92 Å². The molecule has 0 bridgehead atoms. The van der Waals surface area contributed by atoms with Gasteiger partial charge in [-0.25, -0.2) is 4.84 Å². The molecule has 0 spiro atoms. The first kappa shape index (κ1) is 28.1. The average molecular weight is 539 g/mol. The van der Waals surface area contributed by atoms with Crippen LogP contribution in [-0.4, -0.2) is 47.3 Å². The van der Waals surface area contributed by atoms with Crippen molar-refractivity contribution >= 4 is 29.5 Å². The summed E-state index contributed by atoms with van der Waals surface area (Å²) < 4.78 is 0. The Labute approximate surface area is 230 Å². The summed E-state index contributed by atoms with van der Waals surface area (Å²) in [6.45, 7) is 2.16. The van der Waals surface area contributed by atoms with E-state index in [1.165, 1.54) is 6.42 Å². The van der Waals surface area contributed by atoms with Crippen molar-refractivity contribution < 1.29 is 14.4 Å². The Morgan fingerprint density at radius 3 is 2.05 bits per heavy atom. The molecule has 8 heteroatoms. The maximum atomic E-state index is 13.9. The van der Waals surface area contributed by atoms with Crippen LogP contribution >= 0.6 is 11.8 Å². The largest absolute Gasteiger partial charge is 0.343 e. The van der Waals surface area contributed by atoms with Gasteiger partial charge in [0.25, 0.3) is 0 Å². The van der Waals surface area contributed by atoms with Gasteiger partial charge in [0, 0.05) is 6.54 Å². The van der Waals surface area contributed by atoms with Crippen molar-refractivity contribution in [3.05, 3.63) is 71.8 Å². The van der Waals surface area contributed by atoms with Gasteiger partial charge >= 0.3 is 0 Å². The summed E-state index contributed by atoms with van der Waals surface area (Å²) >= 11 is 5.68. The van der Waals surface area contributed by atoms with E-state index in [4.69, 9.17) is 11.8 Å². The van der Waals surface area contributed by atoms with Crippen molar-refractivity contribution in [2.45, 2.75) is 82.5 Å². The third kappa shape index (κ3) is 7.14. The van der Waals surface area contributed by atoms with Crippen LogP contribution in [0.3, 0.4) is 0 Å². The lowest BCUT2D eigenvalue weighted by Gasteiger charge is -2.32. The number of nitrogens with zero attached hydrogens (tertiary/aromatic N) is 1. The Morgan fingerprint density at radius 1 is 0.868 bits per heavy atom. The van der Waals surface area contributed by atoms with Crippen LogP contribution < -0.4 is 15.5 Å². The minimum Gasteiger partial charge on any atom is -0.343 e. The molecular weight excluding hydrogens is 500 g/mol. The van der Waals surface area contributed by atoms with E-state index < -0.39 is 18.1 Å². The number of hydrogen-bond donors (Lipinski definition) is 3. The SMILES string of the molecule is CC(NCl)C(=O)N[C@@H](CC1CCCCC1)C(=O)N1CCCC1C(=O)NC(c1ccccc1)c1ccccc1. The minimum atomic E-state index is -0.675. The number of carbonyl (C=O) groups excluding carboxylic acids is 3. The summed E-state index contributed by atoms with van der Waals surface area (Å²) in [6, 6.07) is 17.5. The molecule has 38 heavy (non-hydrogen) atoms. The van der Waals surface area contributed by atoms with Crippen molar-refractivity contribution in [2.24, 2.45) is 5.92 Å². The minimum absolute atomic E-state index is 0.174. The molecule has 0 aromatic heterocycles. The highest BCUT2D eigenvalue weighted by molar-refractivity contribution is 6.15. The number of hydrogen-bond acceptors (Lipinski definition) is 4. The van der Waals surface area contributed by atoms with Gasteiger partial charge in [-0.1, -0.05) is 92.8 Å². The Bertz CT molecular complexity index is 1020. The summed E-state index contributed by atoms with van der Waals surface area (Å²) in [5.41, 5.74) is 1.96. The Kier molecular flexibility index (Phi) is 10.2. The normalized spacial score (nSPS) is 19.7. The van der Waals surface area contributed by atoms with Gasteiger partial charge in [-0.05, 0) is 55.0 Å². The number of nitrogens with one attached hydrogen (secondary N) is 3. The lowest BCUT2D eigenvalue weighted by Crippen LogP contribution is -2.56. The molecule has 2 aromatic carbocycles. The van der Waals surface area contributed by atoms with Crippen LogP contribution in [0.25, 0.3) is 0 Å². The van der Waals surface area contributed by atoms with E-state index >= 15 is 0 Å². The molecule has 3 N–H and O–H groups in total. The molecule has 3 amide bonds. The maximum Gasteiger partial charge on any atom is 0.245 e. The predicted octanol–water partition coefficient (Wildman–Crippen LogP) is 4.47. The number of amides is 3. The van der Waals surface area contributed by atoms with Crippen molar-refractivity contribution in [2.75, 3.05) is 6.54 Å². The number of carbonyl (C=O) groups is 3. The number of benzene rings is 2. The summed E-state index contributed by atoms with van der Waals surface area (Å²) in [4.78, 5) is 44.4. The van der Waals surface area contributed by atoms with Crippen molar-refractivity contribution in [3.8, 4) is 0 Å². The quantitative estimate of drug-likeness (QED) is 0.389. The zero-order valence-corrected chi connectivity index (χ0v) is 22.8. The monoisotopic (exact) mass is 538 g/mol. The van der Waals surface area contributed by atoms with Gasteiger partial charge in [-0.15, -0.1) is 0 Å². The summed E-state index contributed by atoms with van der Waals surface area (Å²) in [6.07, 6.45) is 7.55. The molecule has 3 atom stereocenters. The highest BCUT2D eigenvalue weighted by Crippen LogP contribution is 2.29. The molecule has 1 aliphatic heterocycles. The molecule has 2 aromatic rings. The molecule has 1 aliphatic carbocycles. The Morgan fingerprint density at radius 2 is 1.47 bits per heavy atom. The molecule has 2 fully saturated rings. The first-order valence-corrected chi connectivity index (χ1v) is 14.2. The average Bonchev–Trinajstić information content (AvgIpc) is 3.46. The van der Waals surface area contributed by atoms with Crippen LogP contribution in [0.1, 0.15) is 75.5 Å². The second-order valence-electron chi connectivity index (χ2n) is 10.6. The highest BCUT2D eigenvalue weighted by Gasteiger charge is 2.39. The zero-order valence-electron chi connectivity index (χ0n) is 22.1. The highest BCUT2D eigenvalue weighted by atomic mass is 35.5. The third-order valence-corrected chi connectivity index (χ3v) is 8.18. The molecule has 2 aliphatic rings. The molecule has 204 valence electrons. The number of likely N-dealkylation sites (tertiary alicyclic amines) is 1. The van der Waals surface area contributed by atoms with Gasteiger partial charge < -0.3 is 15.5 Å². The summed E-state index contributed by atoms with van der Waals surface area (Å²) in [7, 11) is 0. The van der Waals surface area contributed by atoms with Crippen molar-refractivity contribution in [1.29, 1.82) is 0 Å². The number of rotatable bonds is 10. The van der Waals surface area contributed by atoms with E-state index in [2.05, 4.69) is 15.5 Å². The van der Waals surface area contributed by atoms with Crippen LogP contribution in [0.5, 0.6) is 0 Å². The summed E-state index contributed by atoms with van der Waals surface area (Å²) in [5.74, 6) is -0.290. The van der Waals surface area contributed by atoms with E-state index in [9.17, 15) is 14.4 Å². The van der Waals surface area contributed by atoms with Gasteiger partial charge in [-0.2, -0.15) is 0 Å². The fourth-order valence-electron chi connectivity index (χ4n) is 5.72. The first-order valence-electron chi connectivity index (χ1n) is 13.8. The fraction of sp³-hybridized carbons (Fsp3) is 0.500. The molecule has 1 heterocycles. The molecule has 7 nitrogen and oxygen atoms in total. The molecular formula is C30H39ClN4O3. The van der Waals surface area contributed by atoms with Gasteiger partial charge in [0.2, 0.25) is 17.7 Å². The standard InChI is InChI=1S/C30H39ClN4O3/c1-21(34-31)28(36)32-25(20-22-12-5-2-6-13-22)30(38)35-19-11-18-26(35)29(37)33-27(23-14-7-3-8-15-23)24-16-9-4-10-17-24/h3-4,7-10,14-17,21-22,25-27,34H,2,5-6,11-13,18-20H2,1H3,(H,32,36)(H,33,37)/t21?,25-,26?/m0/s1. The van der Waals surface area contributed by atoms with Gasteiger partial charge in [-0.3, -0.25) is 14.4 Å². The van der Waals surface area contributed by atoms with Gasteiger partial charge in [0.05, 0.1) is 12.1 Å². The van der Waals surface area contributed by atoms with Gasteiger partial charge in [0.1, 0.15) is 12.1 Å². The molecule has 1 saturated carbocycles. The van der Waals surface area contributed by atoms with Crippen molar-refractivity contribution in [1.82, 2.24) is 20.4 Å². The lowest BCUT2D eigenvalue weighted by molar-refractivity contribution is -0.142. The zero-order chi connectivity index (χ0) is 26.9. The molecule has 1 saturated heterocycles. The van der Waals surface area contributed by atoms with E-state index in [-0.39, 0.29) is 23.8 Å². The predicted molar refractivity (Wildman–Crippen MR) is 149 cm³/mol. The second-order valence-corrected chi connectivity index (χ2v) is 10.8. The molecule has 0 radical (unpaired) electrons. The van der Waals surface area contributed by atoms with E-state index in [0.29, 0.717) is 25.3 Å². The second kappa shape index (κ2) is 13.8. The van der Waals surface area contributed by atoms with E-state index in [1.807, 2.05) is 60.7 Å². The Hall–Kier alpha value is -2.90. The van der Waals surface area contributed by atoms with Crippen LogP contribution in [0.2, 0.25) is 0 Å². The fourth-order valence-corrected chi connectivity index (χ4v) is 5.81. The van der Waals surface area contributed by atoms with E-state index in [1.54, 1.807) is 11.8 Å². The van der Waals surface area contributed by atoms with E-state index in [0.717, 1.165) is 43.2 Å². The lowest BCUT2D eigenvalue weighted by atomic mass is 9.84. The summed E-state index contributed by atoms with van der Waals surface area (Å²) in [5, 5.41) is 6.15. The van der Waals surface area contributed by atoms with Crippen LogP contribution in [0.15, 0.2) is 60.7 Å². The first-order chi connectivity index (χ1) is 18.5.